The van der Waals surface area contributed by atoms with Crippen LogP contribution in [-0.4, -0.2) is 20.0 Å². The smallest absolute Gasteiger partial charge is 0.224 e. The van der Waals surface area contributed by atoms with Gasteiger partial charge in [-0.25, -0.2) is 0 Å². The standard InChI is InChI=1S/C22H26N2O2/c1-15-5-10-20-19(14-26-22(20)16(15)2)11-21(25)23-12-17-6-8-18(9-7-17)13-24(3)4/h5-10,14H,11-13H2,1-4H3,(H,23,25)/p+1. The van der Waals surface area contributed by atoms with E-state index in [9.17, 15) is 4.79 Å². The maximum absolute atomic E-state index is 12.3. The zero-order chi connectivity index (χ0) is 18.7. The van der Waals surface area contributed by atoms with Crippen molar-refractivity contribution in [1.29, 1.82) is 0 Å². The Balaban J connectivity index is 1.60. The van der Waals surface area contributed by atoms with Crippen LogP contribution < -0.4 is 10.2 Å². The summed E-state index contributed by atoms with van der Waals surface area (Å²) in [5.74, 6) is 0.00717. The first-order valence-electron chi connectivity index (χ1n) is 9.04. The zero-order valence-corrected chi connectivity index (χ0v) is 16.0. The third-order valence-corrected chi connectivity index (χ3v) is 4.76. The fraction of sp³-hybridized carbons (Fsp3) is 0.318. The van der Waals surface area contributed by atoms with Crippen molar-refractivity contribution in [3.8, 4) is 0 Å². The number of furan rings is 1. The fourth-order valence-corrected chi connectivity index (χ4v) is 3.14. The monoisotopic (exact) mass is 351 g/mol. The van der Waals surface area contributed by atoms with Gasteiger partial charge >= 0.3 is 0 Å². The van der Waals surface area contributed by atoms with E-state index in [4.69, 9.17) is 4.42 Å². The molecule has 26 heavy (non-hydrogen) atoms. The average Bonchev–Trinajstić information content (AvgIpc) is 3.00. The lowest BCUT2D eigenvalue weighted by Crippen LogP contribution is -3.04. The molecule has 1 aromatic heterocycles. The molecule has 3 aromatic rings. The number of hydrogen-bond acceptors (Lipinski definition) is 2. The van der Waals surface area contributed by atoms with Crippen molar-refractivity contribution in [2.45, 2.75) is 33.4 Å². The van der Waals surface area contributed by atoms with E-state index in [0.29, 0.717) is 13.0 Å². The van der Waals surface area contributed by atoms with E-state index < -0.39 is 0 Å². The summed E-state index contributed by atoms with van der Waals surface area (Å²) in [4.78, 5) is 13.7. The molecule has 4 heteroatoms. The normalized spacial score (nSPS) is 11.3. The zero-order valence-electron chi connectivity index (χ0n) is 16.0. The molecule has 3 rings (SSSR count). The highest BCUT2D eigenvalue weighted by molar-refractivity contribution is 5.89. The van der Waals surface area contributed by atoms with Crippen molar-refractivity contribution >= 4 is 16.9 Å². The summed E-state index contributed by atoms with van der Waals surface area (Å²) in [6, 6.07) is 12.5. The van der Waals surface area contributed by atoms with Crippen LogP contribution >= 0.6 is 0 Å². The molecule has 0 bridgehead atoms. The number of aryl methyl sites for hydroxylation is 2. The lowest BCUT2D eigenvalue weighted by Gasteiger charge is -2.09. The lowest BCUT2D eigenvalue weighted by molar-refractivity contribution is -0.872. The number of carbonyl (C=O) groups excluding carboxylic acids is 1. The Morgan fingerprint density at radius 2 is 1.73 bits per heavy atom. The van der Waals surface area contributed by atoms with Gasteiger partial charge in [0.15, 0.2) is 0 Å². The molecule has 0 fully saturated rings. The summed E-state index contributed by atoms with van der Waals surface area (Å²) in [5, 5.41) is 4.03. The summed E-state index contributed by atoms with van der Waals surface area (Å²) in [7, 11) is 4.27. The molecule has 0 saturated heterocycles. The molecule has 1 amide bonds. The third kappa shape index (κ3) is 4.14. The average molecular weight is 351 g/mol. The number of carbonyl (C=O) groups is 1. The van der Waals surface area contributed by atoms with Gasteiger partial charge in [0, 0.05) is 23.1 Å². The summed E-state index contributed by atoms with van der Waals surface area (Å²) < 4.78 is 5.69. The minimum atomic E-state index is 0.00717. The van der Waals surface area contributed by atoms with Crippen molar-refractivity contribution < 1.29 is 14.1 Å². The molecule has 0 spiro atoms. The van der Waals surface area contributed by atoms with Crippen molar-refractivity contribution in [2.24, 2.45) is 0 Å². The fourth-order valence-electron chi connectivity index (χ4n) is 3.14. The van der Waals surface area contributed by atoms with Gasteiger partial charge in [-0.2, -0.15) is 0 Å². The quantitative estimate of drug-likeness (QED) is 0.717. The first-order valence-corrected chi connectivity index (χ1v) is 9.04. The van der Waals surface area contributed by atoms with E-state index in [1.807, 2.05) is 13.0 Å². The van der Waals surface area contributed by atoms with Crippen LogP contribution in [0.1, 0.15) is 27.8 Å². The molecule has 0 aliphatic carbocycles. The van der Waals surface area contributed by atoms with Gasteiger partial charge in [-0.15, -0.1) is 0 Å². The second-order valence-corrected chi connectivity index (χ2v) is 7.30. The SMILES string of the molecule is Cc1ccc2c(CC(=O)NCc3ccc(C[NH+](C)C)cc3)coc2c1C. The Kier molecular flexibility index (Phi) is 5.43. The predicted octanol–water partition coefficient (Wildman–Crippen LogP) is 2.55. The molecule has 0 atom stereocenters. The van der Waals surface area contributed by atoms with Gasteiger partial charge in [0.1, 0.15) is 12.1 Å². The van der Waals surface area contributed by atoms with Gasteiger partial charge in [-0.3, -0.25) is 4.79 Å². The van der Waals surface area contributed by atoms with Crippen LogP contribution in [0.3, 0.4) is 0 Å². The molecular formula is C22H27N2O2+. The largest absolute Gasteiger partial charge is 0.464 e. The molecule has 4 nitrogen and oxygen atoms in total. The van der Waals surface area contributed by atoms with Crippen LogP contribution in [0.2, 0.25) is 0 Å². The number of benzene rings is 2. The number of nitrogens with one attached hydrogen (secondary N) is 2. The molecule has 0 saturated carbocycles. The van der Waals surface area contributed by atoms with Gasteiger partial charge < -0.3 is 14.6 Å². The van der Waals surface area contributed by atoms with Crippen LogP contribution in [0.5, 0.6) is 0 Å². The van der Waals surface area contributed by atoms with Gasteiger partial charge in [0.25, 0.3) is 0 Å². The highest BCUT2D eigenvalue weighted by Crippen LogP contribution is 2.26. The Hall–Kier alpha value is -2.59. The Morgan fingerprint density at radius 1 is 1.04 bits per heavy atom. The van der Waals surface area contributed by atoms with E-state index in [0.717, 1.165) is 34.2 Å². The van der Waals surface area contributed by atoms with Crippen molar-refractivity contribution in [3.63, 3.8) is 0 Å². The molecule has 0 aliphatic rings. The minimum Gasteiger partial charge on any atom is -0.464 e. The van der Waals surface area contributed by atoms with E-state index >= 15 is 0 Å². The first-order chi connectivity index (χ1) is 12.4. The predicted molar refractivity (Wildman–Crippen MR) is 104 cm³/mol. The number of amides is 1. The molecule has 2 aromatic carbocycles. The van der Waals surface area contributed by atoms with Crippen LogP contribution in [0.25, 0.3) is 11.0 Å². The minimum absolute atomic E-state index is 0.00717. The molecule has 0 unspecified atom stereocenters. The highest BCUT2D eigenvalue weighted by Gasteiger charge is 2.12. The van der Waals surface area contributed by atoms with Crippen molar-refractivity contribution in [3.05, 3.63) is 70.5 Å². The van der Waals surface area contributed by atoms with Gasteiger partial charge in [0.2, 0.25) is 5.91 Å². The Bertz CT molecular complexity index is 908. The number of fused-ring (bicyclic) bond motifs is 1. The topological polar surface area (TPSA) is 46.7 Å². The van der Waals surface area contributed by atoms with Crippen molar-refractivity contribution in [1.82, 2.24) is 5.32 Å². The summed E-state index contributed by atoms with van der Waals surface area (Å²) in [6.45, 7) is 5.65. The van der Waals surface area contributed by atoms with Gasteiger partial charge in [0.05, 0.1) is 26.8 Å². The van der Waals surface area contributed by atoms with Crippen LogP contribution in [0, 0.1) is 13.8 Å². The Morgan fingerprint density at radius 3 is 2.42 bits per heavy atom. The van der Waals surface area contributed by atoms with Crippen molar-refractivity contribution in [2.75, 3.05) is 14.1 Å². The molecule has 2 N–H and O–H groups in total. The molecule has 136 valence electrons. The highest BCUT2D eigenvalue weighted by atomic mass is 16.3. The van der Waals surface area contributed by atoms with E-state index in [1.54, 1.807) is 6.26 Å². The summed E-state index contributed by atoms with van der Waals surface area (Å²) in [6.07, 6.45) is 2.03. The maximum atomic E-state index is 12.3. The van der Waals surface area contributed by atoms with Crippen LogP contribution in [-0.2, 0) is 24.3 Å². The molecule has 1 heterocycles. The molecule has 0 radical (unpaired) electrons. The first kappa shape index (κ1) is 18.2. The van der Waals surface area contributed by atoms with Crippen LogP contribution in [0.4, 0.5) is 0 Å². The third-order valence-electron chi connectivity index (χ3n) is 4.76. The maximum Gasteiger partial charge on any atom is 0.224 e. The van der Waals surface area contributed by atoms with E-state index in [1.165, 1.54) is 16.0 Å². The second-order valence-electron chi connectivity index (χ2n) is 7.30. The Labute approximate surface area is 154 Å². The summed E-state index contributed by atoms with van der Waals surface area (Å²) in [5.41, 5.74) is 6.56. The van der Waals surface area contributed by atoms with Crippen LogP contribution in [0.15, 0.2) is 47.1 Å². The van der Waals surface area contributed by atoms with E-state index in [-0.39, 0.29) is 5.91 Å². The number of hydrogen-bond donors (Lipinski definition) is 2. The molecule has 0 aliphatic heterocycles. The number of rotatable bonds is 6. The van der Waals surface area contributed by atoms with Gasteiger partial charge in [-0.05, 0) is 30.5 Å². The van der Waals surface area contributed by atoms with Gasteiger partial charge in [-0.1, -0.05) is 36.4 Å². The second kappa shape index (κ2) is 7.75. The summed E-state index contributed by atoms with van der Waals surface area (Å²) >= 11 is 0. The molecular weight excluding hydrogens is 324 g/mol. The van der Waals surface area contributed by atoms with E-state index in [2.05, 4.69) is 56.7 Å². The number of quaternary nitrogens is 1. The lowest BCUT2D eigenvalue weighted by atomic mass is 10.0.